The molecule has 10 heteroatoms. The normalized spacial score (nSPS) is 10.3. The van der Waals surface area contributed by atoms with Crippen LogP contribution >= 0.6 is 0 Å². The molecule has 0 atom stereocenters. The van der Waals surface area contributed by atoms with Crippen LogP contribution in [0.25, 0.3) is 0 Å². The molecular formula is C18H21InN6O3. The molecular weight excluding hydrogens is 463 g/mol. The molecule has 0 fully saturated rings. The SMILES string of the molecule is Nc1cccc([O][In]([O]c2cccc(N)c2N)[O]c2cccc(N)c2N)c1N. The summed E-state index contributed by atoms with van der Waals surface area (Å²) in [6.45, 7) is 0. The first kappa shape index (κ1) is 19.5. The van der Waals surface area contributed by atoms with E-state index in [9.17, 15) is 0 Å². The van der Waals surface area contributed by atoms with Crippen LogP contribution in [0.3, 0.4) is 0 Å². The molecule has 0 aliphatic rings. The second-order valence-corrected chi connectivity index (χ2v) is 9.59. The fourth-order valence-electron chi connectivity index (χ4n) is 2.37. The Morgan fingerprint density at radius 3 is 1.04 bits per heavy atom. The Labute approximate surface area is 171 Å². The van der Waals surface area contributed by atoms with E-state index in [-0.39, 0.29) is 17.1 Å². The summed E-state index contributed by atoms with van der Waals surface area (Å²) in [4.78, 5) is 0. The van der Waals surface area contributed by atoms with Crippen LogP contribution in [-0.4, -0.2) is 22.7 Å². The first-order chi connectivity index (χ1) is 13.4. The summed E-state index contributed by atoms with van der Waals surface area (Å²) in [7, 11) is 0. The standard InChI is InChI=1S/3C6H8N2O.In/c3*7-4-2-1-3-5(9)6(4)8;/h3*1-3,9H,7-8H2;/q;;;+3/p-3. The molecule has 0 saturated carbocycles. The number of hydrogen-bond donors (Lipinski definition) is 6. The van der Waals surface area contributed by atoms with Crippen molar-refractivity contribution in [3.05, 3.63) is 54.6 Å². The van der Waals surface area contributed by atoms with Crippen molar-refractivity contribution in [2.75, 3.05) is 34.4 Å². The molecule has 144 valence electrons. The van der Waals surface area contributed by atoms with Crippen LogP contribution in [0.1, 0.15) is 0 Å². The fourth-order valence-corrected chi connectivity index (χ4v) is 6.32. The predicted octanol–water partition coefficient (Wildman–Crippen LogP) is 1.70. The molecule has 0 heterocycles. The van der Waals surface area contributed by atoms with Crippen molar-refractivity contribution >= 4 is 56.9 Å². The van der Waals surface area contributed by atoms with Gasteiger partial charge in [0.05, 0.1) is 0 Å². The molecule has 28 heavy (non-hydrogen) atoms. The van der Waals surface area contributed by atoms with Gasteiger partial charge in [0.2, 0.25) is 0 Å². The van der Waals surface area contributed by atoms with Gasteiger partial charge < -0.3 is 0 Å². The maximum atomic E-state index is 6.01. The molecule has 0 unspecified atom stereocenters. The molecule has 0 bridgehead atoms. The average Bonchev–Trinajstić information content (AvgIpc) is 2.66. The summed E-state index contributed by atoms with van der Waals surface area (Å²) in [6, 6.07) is 15.2. The molecule has 12 N–H and O–H groups in total. The molecule has 0 saturated heterocycles. The summed E-state index contributed by atoms with van der Waals surface area (Å²) in [6.07, 6.45) is 0. The Morgan fingerprint density at radius 1 is 0.464 bits per heavy atom. The maximum absolute atomic E-state index is 6.01. The summed E-state index contributed by atoms with van der Waals surface area (Å²) < 4.78 is 18.0. The number of nitrogens with two attached hydrogens (primary N) is 6. The zero-order chi connectivity index (χ0) is 20.3. The number of hydrogen-bond acceptors (Lipinski definition) is 9. The molecule has 9 nitrogen and oxygen atoms in total. The Morgan fingerprint density at radius 2 is 0.750 bits per heavy atom. The molecule has 0 amide bonds. The quantitative estimate of drug-likeness (QED) is 0.284. The molecule has 0 aromatic heterocycles. The molecule has 3 aromatic rings. The molecule has 0 aliphatic heterocycles. The zero-order valence-electron chi connectivity index (χ0n) is 15.0. The summed E-state index contributed by atoms with van der Waals surface area (Å²) in [5, 5.41) is 0. The predicted molar refractivity (Wildman–Crippen MR) is 113 cm³/mol. The van der Waals surface area contributed by atoms with Crippen LogP contribution in [0.5, 0.6) is 17.2 Å². The van der Waals surface area contributed by atoms with Gasteiger partial charge in [-0.15, -0.1) is 0 Å². The van der Waals surface area contributed by atoms with Crippen LogP contribution in [0.4, 0.5) is 34.1 Å². The number of para-hydroxylation sites is 3. The van der Waals surface area contributed by atoms with Gasteiger partial charge in [-0.3, -0.25) is 0 Å². The Balaban J connectivity index is 1.94. The van der Waals surface area contributed by atoms with Gasteiger partial charge in [0, 0.05) is 0 Å². The van der Waals surface area contributed by atoms with Gasteiger partial charge in [-0.25, -0.2) is 0 Å². The number of anilines is 6. The van der Waals surface area contributed by atoms with Crippen LogP contribution < -0.4 is 43.0 Å². The molecule has 0 spiro atoms. The van der Waals surface area contributed by atoms with Gasteiger partial charge in [0.25, 0.3) is 0 Å². The summed E-state index contributed by atoms with van der Waals surface area (Å²) >= 11 is -3.82. The van der Waals surface area contributed by atoms with Crippen LogP contribution in [0.2, 0.25) is 0 Å². The van der Waals surface area contributed by atoms with Crippen molar-refractivity contribution in [1.82, 2.24) is 0 Å². The van der Waals surface area contributed by atoms with E-state index in [1.165, 1.54) is 0 Å². The van der Waals surface area contributed by atoms with Crippen LogP contribution in [0, 0.1) is 0 Å². The van der Waals surface area contributed by atoms with E-state index in [0.29, 0.717) is 34.3 Å². The summed E-state index contributed by atoms with van der Waals surface area (Å²) in [5.41, 5.74) is 37.6. The third kappa shape index (κ3) is 4.17. The van der Waals surface area contributed by atoms with Gasteiger partial charge in [-0.1, -0.05) is 0 Å². The van der Waals surface area contributed by atoms with E-state index in [4.69, 9.17) is 43.0 Å². The van der Waals surface area contributed by atoms with E-state index < -0.39 is 22.7 Å². The van der Waals surface area contributed by atoms with Gasteiger partial charge in [-0.2, -0.15) is 0 Å². The Hall–Kier alpha value is -3.27. The second-order valence-electron chi connectivity index (χ2n) is 5.92. The fraction of sp³-hybridized carbons (Fsp3) is 0. The average molecular weight is 484 g/mol. The van der Waals surface area contributed by atoms with E-state index in [0.717, 1.165) is 0 Å². The van der Waals surface area contributed by atoms with Crippen molar-refractivity contribution in [3.63, 3.8) is 0 Å². The van der Waals surface area contributed by atoms with Crippen LogP contribution in [-0.2, 0) is 0 Å². The second kappa shape index (κ2) is 8.17. The minimum atomic E-state index is -3.82. The Kier molecular flexibility index (Phi) is 5.69. The summed E-state index contributed by atoms with van der Waals surface area (Å²) in [5.74, 6) is 1.06. The van der Waals surface area contributed by atoms with E-state index in [1.54, 1.807) is 54.6 Å². The minimum absolute atomic E-state index is 0.289. The Bertz CT molecular complexity index is 874. The molecule has 3 aromatic carbocycles. The van der Waals surface area contributed by atoms with Gasteiger partial charge >= 0.3 is 172 Å². The van der Waals surface area contributed by atoms with Gasteiger partial charge in [0.15, 0.2) is 0 Å². The van der Waals surface area contributed by atoms with Crippen molar-refractivity contribution in [2.45, 2.75) is 0 Å². The van der Waals surface area contributed by atoms with E-state index in [2.05, 4.69) is 0 Å². The monoisotopic (exact) mass is 484 g/mol. The third-order valence-corrected chi connectivity index (χ3v) is 7.79. The number of benzene rings is 3. The molecule has 0 radical (unpaired) electrons. The van der Waals surface area contributed by atoms with Crippen molar-refractivity contribution in [1.29, 1.82) is 0 Å². The molecule has 0 aliphatic carbocycles. The topological polar surface area (TPSA) is 184 Å². The van der Waals surface area contributed by atoms with Crippen molar-refractivity contribution in [3.8, 4) is 17.2 Å². The first-order valence-corrected chi connectivity index (χ1v) is 12.3. The van der Waals surface area contributed by atoms with Crippen molar-refractivity contribution < 1.29 is 8.56 Å². The third-order valence-electron chi connectivity index (χ3n) is 3.97. The number of rotatable bonds is 6. The van der Waals surface area contributed by atoms with E-state index >= 15 is 0 Å². The van der Waals surface area contributed by atoms with E-state index in [1.807, 2.05) is 0 Å². The van der Waals surface area contributed by atoms with Gasteiger partial charge in [-0.05, 0) is 0 Å². The van der Waals surface area contributed by atoms with Crippen LogP contribution in [0.15, 0.2) is 54.6 Å². The van der Waals surface area contributed by atoms with Gasteiger partial charge in [0.1, 0.15) is 0 Å². The first-order valence-electron chi connectivity index (χ1n) is 8.28. The zero-order valence-corrected chi connectivity index (χ0v) is 18.3. The number of nitrogen functional groups attached to an aromatic ring is 6. The molecule has 3 rings (SSSR count). The van der Waals surface area contributed by atoms with Crippen molar-refractivity contribution in [2.24, 2.45) is 0 Å².